The second kappa shape index (κ2) is 7.49. The fourth-order valence-electron chi connectivity index (χ4n) is 2.82. The van der Waals surface area contributed by atoms with Gasteiger partial charge in [-0.15, -0.1) is 11.3 Å². The van der Waals surface area contributed by atoms with Crippen LogP contribution in [0.4, 0.5) is 15.8 Å². The van der Waals surface area contributed by atoms with E-state index in [-0.39, 0.29) is 24.1 Å². The minimum absolute atomic E-state index is 0.0745. The van der Waals surface area contributed by atoms with Crippen LogP contribution in [-0.4, -0.2) is 21.8 Å². The molecular weight excluding hydrogens is 397 g/mol. The lowest BCUT2D eigenvalue weighted by atomic mass is 10.1. The number of para-hydroxylation sites is 1. The maximum absolute atomic E-state index is 13.0. The molecule has 1 aliphatic rings. The maximum Gasteiger partial charge on any atom is 0.244 e. The summed E-state index contributed by atoms with van der Waals surface area (Å²) in [4.78, 5) is 17.2. The number of aromatic nitrogens is 1. The van der Waals surface area contributed by atoms with Crippen molar-refractivity contribution in [2.45, 2.75) is 6.54 Å². The van der Waals surface area contributed by atoms with E-state index in [1.807, 2.05) is 24.3 Å². The van der Waals surface area contributed by atoms with Gasteiger partial charge in [-0.1, -0.05) is 18.2 Å². The van der Waals surface area contributed by atoms with Crippen molar-refractivity contribution >= 4 is 58.7 Å². The summed E-state index contributed by atoms with van der Waals surface area (Å²) in [5.74, 6) is -0.831. The van der Waals surface area contributed by atoms with E-state index in [9.17, 15) is 14.3 Å². The standard InChI is InChI=1S/C20H14FN3O2S2/c21-13-5-7-14(8-6-13)23-18(25)11-24-19(26)17(28-20(24)27)9-12-10-22-16-4-2-1-3-15(12)16/h1-10,26H,11H2,(H,23,25)/b12-9-. The van der Waals surface area contributed by atoms with Gasteiger partial charge in [0.05, 0.1) is 10.6 Å². The van der Waals surface area contributed by atoms with Gasteiger partial charge in [-0.3, -0.25) is 14.4 Å². The molecule has 8 heteroatoms. The van der Waals surface area contributed by atoms with Crippen molar-refractivity contribution in [3.63, 3.8) is 0 Å². The van der Waals surface area contributed by atoms with E-state index >= 15 is 0 Å². The highest BCUT2D eigenvalue weighted by molar-refractivity contribution is 7.73. The summed E-state index contributed by atoms with van der Waals surface area (Å²) in [5.41, 5.74) is 3.18. The summed E-state index contributed by atoms with van der Waals surface area (Å²) in [6.07, 6.45) is 3.54. The Bertz CT molecular complexity index is 1180. The van der Waals surface area contributed by atoms with E-state index in [1.54, 1.807) is 12.3 Å². The van der Waals surface area contributed by atoms with E-state index in [0.717, 1.165) is 16.8 Å². The van der Waals surface area contributed by atoms with Gasteiger partial charge >= 0.3 is 0 Å². The number of amides is 1. The second-order valence-corrected chi connectivity index (χ2v) is 7.75. The van der Waals surface area contributed by atoms with Crippen molar-refractivity contribution in [1.29, 1.82) is 0 Å². The average molecular weight is 411 g/mol. The zero-order valence-corrected chi connectivity index (χ0v) is 16.1. The van der Waals surface area contributed by atoms with Gasteiger partial charge in [0.25, 0.3) is 0 Å². The lowest BCUT2D eigenvalue weighted by molar-refractivity contribution is -0.116. The molecule has 1 amide bonds. The highest BCUT2D eigenvalue weighted by Crippen LogP contribution is 2.35. The Morgan fingerprint density at radius 2 is 2.00 bits per heavy atom. The lowest BCUT2D eigenvalue weighted by Crippen LogP contribution is -2.18. The smallest absolute Gasteiger partial charge is 0.244 e. The first kappa shape index (κ1) is 18.3. The van der Waals surface area contributed by atoms with Crippen molar-refractivity contribution in [3.05, 3.63) is 68.7 Å². The average Bonchev–Trinajstić information content (AvgIpc) is 3.20. The van der Waals surface area contributed by atoms with Crippen molar-refractivity contribution < 1.29 is 14.3 Å². The number of fused-ring (bicyclic) bond motifs is 1. The predicted molar refractivity (Wildman–Crippen MR) is 112 cm³/mol. The topological polar surface area (TPSA) is 66.6 Å². The Kier molecular flexibility index (Phi) is 4.89. The molecule has 1 aromatic heterocycles. The number of nitrogens with zero attached hydrogens (tertiary/aromatic N) is 2. The Morgan fingerprint density at radius 1 is 1.25 bits per heavy atom. The molecule has 0 saturated heterocycles. The Labute approximate surface area is 169 Å². The van der Waals surface area contributed by atoms with Gasteiger partial charge in [0.15, 0.2) is 3.95 Å². The van der Waals surface area contributed by atoms with Crippen LogP contribution in [-0.2, 0) is 11.3 Å². The van der Waals surface area contributed by atoms with Crippen LogP contribution >= 0.6 is 23.6 Å². The number of thiazole rings is 1. The molecule has 0 aliphatic carbocycles. The van der Waals surface area contributed by atoms with Gasteiger partial charge in [0, 0.05) is 23.0 Å². The number of rotatable bonds is 4. The zero-order chi connectivity index (χ0) is 19.7. The molecular formula is C20H14FN3O2S2. The minimum Gasteiger partial charge on any atom is -0.493 e. The highest BCUT2D eigenvalue weighted by atomic mass is 32.1. The van der Waals surface area contributed by atoms with E-state index < -0.39 is 0 Å². The van der Waals surface area contributed by atoms with E-state index in [4.69, 9.17) is 12.2 Å². The molecule has 5 nitrogen and oxygen atoms in total. The van der Waals surface area contributed by atoms with Crippen molar-refractivity contribution in [1.82, 2.24) is 4.57 Å². The Morgan fingerprint density at radius 3 is 2.79 bits per heavy atom. The number of nitrogens with one attached hydrogen (secondary N) is 1. The fraction of sp³-hybridized carbons (Fsp3) is 0.0500. The summed E-state index contributed by atoms with van der Waals surface area (Å²) >= 11 is 6.52. The molecule has 0 radical (unpaired) electrons. The number of anilines is 1. The highest BCUT2D eigenvalue weighted by Gasteiger charge is 2.16. The number of aliphatic imine (C=N–C) groups is 1. The molecule has 0 unspecified atom stereocenters. The molecule has 3 aromatic rings. The third-order valence-corrected chi connectivity index (χ3v) is 5.55. The molecule has 2 heterocycles. The molecule has 0 bridgehead atoms. The molecule has 0 fully saturated rings. The molecule has 0 atom stereocenters. The van der Waals surface area contributed by atoms with Crippen LogP contribution in [0.5, 0.6) is 5.88 Å². The van der Waals surface area contributed by atoms with Gasteiger partial charge in [-0.2, -0.15) is 0 Å². The van der Waals surface area contributed by atoms with Gasteiger partial charge in [0.1, 0.15) is 12.4 Å². The van der Waals surface area contributed by atoms with Crippen LogP contribution in [0.25, 0.3) is 11.6 Å². The number of hydrogen-bond donors (Lipinski definition) is 2. The minimum atomic E-state index is -0.384. The number of hydrogen-bond acceptors (Lipinski definition) is 5. The molecule has 1 aliphatic heterocycles. The molecule has 28 heavy (non-hydrogen) atoms. The van der Waals surface area contributed by atoms with Crippen LogP contribution in [0.2, 0.25) is 0 Å². The molecule has 2 N–H and O–H groups in total. The van der Waals surface area contributed by atoms with Crippen molar-refractivity contribution in [2.75, 3.05) is 5.32 Å². The maximum atomic E-state index is 13.0. The predicted octanol–water partition coefficient (Wildman–Crippen LogP) is 5.02. The van der Waals surface area contributed by atoms with Gasteiger partial charge in [-0.25, -0.2) is 4.39 Å². The normalized spacial score (nSPS) is 13.7. The first-order chi connectivity index (χ1) is 13.5. The van der Waals surface area contributed by atoms with Crippen molar-refractivity contribution in [3.8, 4) is 5.88 Å². The van der Waals surface area contributed by atoms with Crippen LogP contribution in [0.3, 0.4) is 0 Å². The fourth-order valence-corrected chi connectivity index (χ4v) is 4.08. The van der Waals surface area contributed by atoms with E-state index in [0.29, 0.717) is 14.5 Å². The molecule has 140 valence electrons. The SMILES string of the molecule is O=C(Cn1c(O)c(/C=C2/C=Nc3ccccc32)sc1=S)Nc1ccc(F)cc1. The van der Waals surface area contributed by atoms with Crippen LogP contribution in [0.15, 0.2) is 53.5 Å². The Balaban J connectivity index is 1.56. The molecule has 4 rings (SSSR count). The number of carbonyl (C=O) groups is 1. The van der Waals surface area contributed by atoms with Gasteiger partial charge < -0.3 is 10.4 Å². The number of halogens is 1. The van der Waals surface area contributed by atoms with Gasteiger partial charge in [0.2, 0.25) is 11.8 Å². The number of carbonyl (C=O) groups excluding carboxylic acids is 1. The zero-order valence-electron chi connectivity index (χ0n) is 14.4. The van der Waals surface area contributed by atoms with Crippen LogP contribution in [0, 0.1) is 9.77 Å². The molecule has 0 saturated carbocycles. The van der Waals surface area contributed by atoms with Crippen LogP contribution < -0.4 is 5.32 Å². The van der Waals surface area contributed by atoms with Crippen LogP contribution in [0.1, 0.15) is 10.4 Å². The summed E-state index contributed by atoms with van der Waals surface area (Å²) in [5, 5.41) is 13.2. The number of aromatic hydroxyl groups is 1. The summed E-state index contributed by atoms with van der Waals surface area (Å²) in [6.45, 7) is -0.146. The number of allylic oxidation sites excluding steroid dienone is 1. The molecule has 2 aromatic carbocycles. The largest absolute Gasteiger partial charge is 0.493 e. The summed E-state index contributed by atoms with van der Waals surface area (Å²) < 4.78 is 14.7. The quantitative estimate of drug-likeness (QED) is 0.593. The van der Waals surface area contributed by atoms with Crippen molar-refractivity contribution in [2.24, 2.45) is 4.99 Å². The monoisotopic (exact) mass is 411 g/mol. The van der Waals surface area contributed by atoms with Gasteiger partial charge in [-0.05, 0) is 48.6 Å². The third kappa shape index (κ3) is 3.64. The van der Waals surface area contributed by atoms with E-state index in [2.05, 4.69) is 10.3 Å². The molecule has 0 spiro atoms. The van der Waals surface area contributed by atoms with E-state index in [1.165, 1.54) is 40.2 Å². The Hall–Kier alpha value is -3.10. The first-order valence-corrected chi connectivity index (χ1v) is 9.57. The number of benzene rings is 2. The first-order valence-electron chi connectivity index (χ1n) is 8.34. The second-order valence-electron chi connectivity index (χ2n) is 6.07. The summed E-state index contributed by atoms with van der Waals surface area (Å²) in [7, 11) is 0. The lowest BCUT2D eigenvalue weighted by Gasteiger charge is -2.07. The third-order valence-electron chi connectivity index (χ3n) is 4.17. The summed E-state index contributed by atoms with van der Waals surface area (Å²) in [6, 6.07) is 13.2.